The number of fused-ring (bicyclic) bond motifs is 1. The Labute approximate surface area is 227 Å². The number of nitriles is 1. The fourth-order valence-corrected chi connectivity index (χ4v) is 6.18. The monoisotopic (exact) mass is 557 g/mol. The van der Waals surface area contributed by atoms with Crippen LogP contribution < -0.4 is 15.0 Å². The molecule has 1 fully saturated rings. The minimum Gasteiger partial charge on any atom is -0.474 e. The summed E-state index contributed by atoms with van der Waals surface area (Å²) in [6.45, 7) is -0.219. The minimum absolute atomic E-state index is 0.131. The maximum atomic E-state index is 13.3. The third-order valence-corrected chi connectivity index (χ3v) is 9.25. The zero-order valence-corrected chi connectivity index (χ0v) is 22.8. The molecule has 1 unspecified atom stereocenters. The molecule has 0 saturated heterocycles. The zero-order chi connectivity index (χ0) is 28.2. The second kappa shape index (κ2) is 11.7. The van der Waals surface area contributed by atoms with Gasteiger partial charge in [0.1, 0.15) is 30.5 Å². The van der Waals surface area contributed by atoms with Crippen molar-refractivity contribution in [1.29, 1.82) is 5.26 Å². The van der Waals surface area contributed by atoms with Gasteiger partial charge in [-0.05, 0) is 42.7 Å². The molecule has 13 heteroatoms. The van der Waals surface area contributed by atoms with E-state index < -0.39 is 26.9 Å². The summed E-state index contributed by atoms with van der Waals surface area (Å²) in [7, 11) is 0.618. The first-order chi connectivity index (χ1) is 18.7. The Morgan fingerprint density at radius 2 is 1.90 bits per heavy atom. The minimum atomic E-state index is -3.80. The van der Waals surface area contributed by atoms with Gasteiger partial charge in [0.15, 0.2) is 6.23 Å². The number of carbonyl (C=O) groups excluding carboxylic acids is 1. The Kier molecular flexibility index (Phi) is 8.53. The molecule has 1 atom stereocenters. The third-order valence-electron chi connectivity index (χ3n) is 6.74. The first-order valence-electron chi connectivity index (χ1n) is 12.2. The molecular weight excluding hydrogens is 526 g/mol. The van der Waals surface area contributed by atoms with E-state index in [2.05, 4.69) is 10.3 Å². The van der Waals surface area contributed by atoms with Crippen LogP contribution in [0.4, 0.5) is 5.69 Å². The van der Waals surface area contributed by atoms with Gasteiger partial charge < -0.3 is 29.5 Å². The average molecular weight is 558 g/mol. The van der Waals surface area contributed by atoms with Gasteiger partial charge >= 0.3 is 0 Å². The smallest absolute Gasteiger partial charge is 0.252 e. The molecular formula is C26H31N5O7S. The molecule has 0 radical (unpaired) electrons. The Balaban J connectivity index is 1.50. The normalized spacial score (nSPS) is 17.7. The van der Waals surface area contributed by atoms with Gasteiger partial charge in [-0.2, -0.15) is 9.57 Å². The highest BCUT2D eigenvalue weighted by Crippen LogP contribution is 2.46. The number of aliphatic hydroxyl groups is 1. The van der Waals surface area contributed by atoms with Crippen molar-refractivity contribution in [3.8, 4) is 11.9 Å². The molecule has 1 saturated carbocycles. The molecule has 1 aromatic heterocycles. The summed E-state index contributed by atoms with van der Waals surface area (Å²) < 4.78 is 42.6. The number of hydrogen-bond acceptors (Lipinski definition) is 10. The molecule has 1 aliphatic carbocycles. The van der Waals surface area contributed by atoms with E-state index in [1.807, 2.05) is 6.07 Å². The van der Waals surface area contributed by atoms with Crippen LogP contribution in [0.3, 0.4) is 0 Å². The quantitative estimate of drug-likeness (QED) is 0.364. The molecule has 208 valence electrons. The van der Waals surface area contributed by atoms with Crippen molar-refractivity contribution in [3.05, 3.63) is 58.8 Å². The summed E-state index contributed by atoms with van der Waals surface area (Å²) in [5.74, 6) is -0.308. The van der Waals surface area contributed by atoms with E-state index in [1.165, 1.54) is 25.3 Å². The molecule has 1 aromatic carbocycles. The highest BCUT2D eigenvalue weighted by molar-refractivity contribution is 7.90. The Morgan fingerprint density at radius 1 is 1.23 bits per heavy atom. The molecule has 4 rings (SSSR count). The summed E-state index contributed by atoms with van der Waals surface area (Å²) >= 11 is 0. The summed E-state index contributed by atoms with van der Waals surface area (Å²) in [5, 5.41) is 22.7. The van der Waals surface area contributed by atoms with Crippen LogP contribution in [0.5, 0.6) is 5.88 Å². The molecule has 0 spiro atoms. The fourth-order valence-electron chi connectivity index (χ4n) is 4.32. The second-order valence-corrected chi connectivity index (χ2v) is 11.7. The van der Waals surface area contributed by atoms with E-state index in [9.17, 15) is 18.3 Å². The van der Waals surface area contributed by atoms with Gasteiger partial charge in [-0.3, -0.25) is 4.79 Å². The molecule has 1 amide bonds. The SMILES string of the molecule is COCN(COC)S(=O)(=O)C1(COc2nccc3c2N(C)C(O)C(C(=O)NCc2ccc(C#N)cc2)=C3)CC1. The number of methoxy groups -OCH3 is 2. The lowest BCUT2D eigenvalue weighted by Gasteiger charge is -2.33. The number of rotatable bonds is 12. The third kappa shape index (κ3) is 5.75. The molecule has 39 heavy (non-hydrogen) atoms. The number of nitrogens with zero attached hydrogens (tertiary/aromatic N) is 4. The predicted octanol–water partition coefficient (Wildman–Crippen LogP) is 1.17. The van der Waals surface area contributed by atoms with E-state index in [4.69, 9.17) is 19.5 Å². The fraction of sp³-hybridized carbons (Fsp3) is 0.423. The van der Waals surface area contributed by atoms with Gasteiger partial charge in [-0.1, -0.05) is 12.1 Å². The van der Waals surface area contributed by atoms with Crippen LogP contribution >= 0.6 is 0 Å². The van der Waals surface area contributed by atoms with Gasteiger partial charge in [-0.25, -0.2) is 13.4 Å². The molecule has 2 N–H and O–H groups in total. The first-order valence-corrected chi connectivity index (χ1v) is 13.6. The van der Waals surface area contributed by atoms with Crippen LogP contribution in [-0.2, 0) is 30.8 Å². The molecule has 12 nitrogen and oxygen atoms in total. The number of amides is 1. The molecule has 2 aliphatic rings. The van der Waals surface area contributed by atoms with Crippen LogP contribution in [0, 0.1) is 11.3 Å². The molecule has 1 aliphatic heterocycles. The van der Waals surface area contributed by atoms with Crippen LogP contribution in [0.25, 0.3) is 6.08 Å². The van der Waals surface area contributed by atoms with Gasteiger partial charge in [-0.15, -0.1) is 0 Å². The number of aromatic nitrogens is 1. The van der Waals surface area contributed by atoms with E-state index in [0.717, 1.165) is 9.87 Å². The Hall–Kier alpha value is -3.54. The number of nitrogens with one attached hydrogen (secondary N) is 1. The van der Waals surface area contributed by atoms with E-state index in [-0.39, 0.29) is 38.1 Å². The second-order valence-electron chi connectivity index (χ2n) is 9.39. The van der Waals surface area contributed by atoms with Crippen molar-refractivity contribution in [2.75, 3.05) is 46.2 Å². The van der Waals surface area contributed by atoms with E-state index >= 15 is 0 Å². The molecule has 2 aromatic rings. The number of anilines is 1. The van der Waals surface area contributed by atoms with Gasteiger partial charge in [0.25, 0.3) is 5.91 Å². The highest BCUT2D eigenvalue weighted by Gasteiger charge is 2.58. The van der Waals surface area contributed by atoms with Crippen molar-refractivity contribution in [3.63, 3.8) is 0 Å². The number of carbonyl (C=O) groups is 1. The predicted molar refractivity (Wildman–Crippen MR) is 142 cm³/mol. The maximum absolute atomic E-state index is 13.3. The maximum Gasteiger partial charge on any atom is 0.252 e. The van der Waals surface area contributed by atoms with E-state index in [1.54, 1.807) is 43.5 Å². The van der Waals surface area contributed by atoms with Crippen molar-refractivity contribution >= 4 is 27.7 Å². The largest absolute Gasteiger partial charge is 0.474 e. The zero-order valence-electron chi connectivity index (χ0n) is 22.0. The summed E-state index contributed by atoms with van der Waals surface area (Å²) in [6, 6.07) is 10.6. The molecule has 0 bridgehead atoms. The standard InChI is InChI=1S/C26H31N5O7S/c1-30-22-20(12-21(25(30)33)23(32)29-14-19-6-4-18(13-27)5-7-19)8-11-28-24(22)38-15-26(9-10-26)39(34,35)31(16-36-2)17-37-3/h4-8,11-12,25,33H,9-10,14-17H2,1-3H3,(H,29,32). The Bertz CT molecular complexity index is 1380. The first kappa shape index (κ1) is 28.5. The van der Waals surface area contributed by atoms with Crippen LogP contribution in [-0.4, -0.2) is 81.0 Å². The number of hydrogen-bond donors (Lipinski definition) is 2. The Morgan fingerprint density at radius 3 is 2.49 bits per heavy atom. The van der Waals surface area contributed by atoms with Crippen molar-refractivity contribution < 1.29 is 32.5 Å². The lowest BCUT2D eigenvalue weighted by atomic mass is 10.0. The average Bonchev–Trinajstić information content (AvgIpc) is 3.74. The number of aliphatic hydroxyl groups excluding tert-OH is 1. The highest BCUT2D eigenvalue weighted by atomic mass is 32.2. The van der Waals surface area contributed by atoms with Crippen LogP contribution in [0.15, 0.2) is 42.1 Å². The number of benzene rings is 1. The number of sulfonamides is 1. The van der Waals surface area contributed by atoms with E-state index in [0.29, 0.717) is 29.7 Å². The van der Waals surface area contributed by atoms with Crippen molar-refractivity contribution in [1.82, 2.24) is 14.6 Å². The lowest BCUT2D eigenvalue weighted by molar-refractivity contribution is -0.118. The number of likely N-dealkylation sites (N-methyl/N-ethyl adjacent to an activating group) is 1. The topological polar surface area (TPSA) is 154 Å². The summed E-state index contributed by atoms with van der Waals surface area (Å²) in [4.78, 5) is 18.7. The molecule has 2 heterocycles. The van der Waals surface area contributed by atoms with Crippen molar-refractivity contribution in [2.24, 2.45) is 0 Å². The lowest BCUT2D eigenvalue weighted by Crippen LogP contribution is -2.45. The van der Waals surface area contributed by atoms with Crippen LogP contribution in [0.1, 0.15) is 29.5 Å². The van der Waals surface area contributed by atoms with Crippen molar-refractivity contribution in [2.45, 2.75) is 30.4 Å². The summed E-state index contributed by atoms with van der Waals surface area (Å²) in [5.41, 5.74) is 2.48. The van der Waals surface area contributed by atoms with Gasteiger partial charge in [0.05, 0.1) is 17.2 Å². The summed E-state index contributed by atoms with van der Waals surface area (Å²) in [6.07, 6.45) is 2.60. The number of ether oxygens (including phenoxy) is 3. The van der Waals surface area contributed by atoms with Gasteiger partial charge in [0.2, 0.25) is 15.9 Å². The van der Waals surface area contributed by atoms with Crippen LogP contribution in [0.2, 0.25) is 0 Å². The van der Waals surface area contributed by atoms with Gasteiger partial charge in [0, 0.05) is 39.6 Å². The number of pyridine rings is 1.